The molecule has 0 saturated carbocycles. The summed E-state index contributed by atoms with van der Waals surface area (Å²) in [6.07, 6.45) is 5.31. The minimum Gasteiger partial charge on any atom is -0.337 e. The monoisotopic (exact) mass is 345 g/mol. The lowest BCUT2D eigenvalue weighted by Gasteiger charge is -2.34. The largest absolute Gasteiger partial charge is 0.337 e. The van der Waals surface area contributed by atoms with Crippen molar-refractivity contribution in [2.24, 2.45) is 7.05 Å². The first-order chi connectivity index (χ1) is 12.7. The lowest BCUT2D eigenvalue weighted by Crippen LogP contribution is -2.38. The zero-order chi connectivity index (χ0) is 17.9. The lowest BCUT2D eigenvalue weighted by atomic mass is 9.86. The fourth-order valence-corrected chi connectivity index (χ4v) is 3.76. The number of hydrogen-bond donors (Lipinski definition) is 0. The van der Waals surface area contributed by atoms with Crippen LogP contribution in [-0.2, 0) is 24.8 Å². The van der Waals surface area contributed by atoms with E-state index in [-0.39, 0.29) is 11.8 Å². The summed E-state index contributed by atoms with van der Waals surface area (Å²) in [5.41, 5.74) is 4.93. The number of carbonyl (C=O) groups is 1. The van der Waals surface area contributed by atoms with Gasteiger partial charge in [-0.2, -0.15) is 5.10 Å². The van der Waals surface area contributed by atoms with Crippen molar-refractivity contribution in [3.05, 3.63) is 89.2 Å². The van der Waals surface area contributed by atoms with E-state index in [1.807, 2.05) is 41.0 Å². The molecule has 0 aliphatic carbocycles. The third-order valence-corrected chi connectivity index (χ3v) is 5.14. The molecule has 0 radical (unpaired) electrons. The molecule has 4 nitrogen and oxygen atoms in total. The molecule has 1 aliphatic rings. The van der Waals surface area contributed by atoms with Gasteiger partial charge >= 0.3 is 0 Å². The summed E-state index contributed by atoms with van der Waals surface area (Å²) >= 11 is 0. The van der Waals surface area contributed by atoms with Crippen LogP contribution in [0.15, 0.2) is 67.0 Å². The predicted octanol–water partition coefficient (Wildman–Crippen LogP) is 3.53. The highest BCUT2D eigenvalue weighted by atomic mass is 16.2. The van der Waals surface area contributed by atoms with Crippen molar-refractivity contribution in [2.45, 2.75) is 25.3 Å². The summed E-state index contributed by atoms with van der Waals surface area (Å²) in [5, 5.41) is 4.32. The topological polar surface area (TPSA) is 38.1 Å². The number of hydrogen-bond acceptors (Lipinski definition) is 2. The van der Waals surface area contributed by atoms with Crippen LogP contribution in [0.1, 0.15) is 34.6 Å². The molecule has 2 aromatic carbocycles. The van der Waals surface area contributed by atoms with Gasteiger partial charge in [-0.25, -0.2) is 0 Å². The summed E-state index contributed by atoms with van der Waals surface area (Å²) in [6.45, 7) is 1.41. The minimum atomic E-state index is 0.189. The Morgan fingerprint density at radius 3 is 2.65 bits per heavy atom. The molecule has 1 aromatic heterocycles. The Bertz CT molecular complexity index is 901. The summed E-state index contributed by atoms with van der Waals surface area (Å²) in [7, 11) is 1.93. The Hall–Kier alpha value is -2.88. The molecule has 2 heterocycles. The number of rotatable bonds is 4. The van der Waals surface area contributed by atoms with E-state index in [1.54, 1.807) is 0 Å². The van der Waals surface area contributed by atoms with Crippen molar-refractivity contribution in [3.8, 4) is 0 Å². The van der Waals surface area contributed by atoms with Crippen molar-refractivity contribution >= 4 is 5.91 Å². The van der Waals surface area contributed by atoms with Gasteiger partial charge in [0.1, 0.15) is 0 Å². The van der Waals surface area contributed by atoms with Gasteiger partial charge in [0.25, 0.3) is 0 Å². The van der Waals surface area contributed by atoms with E-state index in [1.165, 1.54) is 22.3 Å². The molecule has 0 fully saturated rings. The van der Waals surface area contributed by atoms with Crippen molar-refractivity contribution in [1.82, 2.24) is 14.7 Å². The van der Waals surface area contributed by atoms with E-state index >= 15 is 0 Å². The van der Waals surface area contributed by atoms with Crippen LogP contribution in [-0.4, -0.2) is 27.1 Å². The van der Waals surface area contributed by atoms with E-state index in [0.29, 0.717) is 13.0 Å². The molecule has 3 aromatic rings. The van der Waals surface area contributed by atoms with Crippen molar-refractivity contribution in [3.63, 3.8) is 0 Å². The zero-order valence-corrected chi connectivity index (χ0v) is 15.0. The maximum atomic E-state index is 12.9. The van der Waals surface area contributed by atoms with Crippen LogP contribution in [0.4, 0.5) is 0 Å². The van der Waals surface area contributed by atoms with Crippen molar-refractivity contribution in [2.75, 3.05) is 6.54 Å². The van der Waals surface area contributed by atoms with E-state index in [0.717, 1.165) is 13.0 Å². The molecule has 4 heteroatoms. The molecule has 0 N–H and O–H groups in total. The van der Waals surface area contributed by atoms with Crippen LogP contribution >= 0.6 is 0 Å². The van der Waals surface area contributed by atoms with E-state index in [9.17, 15) is 4.79 Å². The third kappa shape index (κ3) is 3.40. The number of amides is 1. The first-order valence-corrected chi connectivity index (χ1v) is 9.09. The maximum Gasteiger partial charge on any atom is 0.223 e. The molecule has 26 heavy (non-hydrogen) atoms. The molecule has 132 valence electrons. The van der Waals surface area contributed by atoms with Gasteiger partial charge in [0.05, 0.1) is 6.20 Å². The smallest absolute Gasteiger partial charge is 0.223 e. The molecule has 0 bridgehead atoms. The van der Waals surface area contributed by atoms with Gasteiger partial charge in [-0.05, 0) is 28.7 Å². The van der Waals surface area contributed by atoms with Gasteiger partial charge < -0.3 is 4.90 Å². The van der Waals surface area contributed by atoms with E-state index in [4.69, 9.17) is 0 Å². The fourth-order valence-electron chi connectivity index (χ4n) is 3.76. The van der Waals surface area contributed by atoms with Gasteiger partial charge in [0, 0.05) is 38.7 Å². The first kappa shape index (κ1) is 16.6. The molecular weight excluding hydrogens is 322 g/mol. The summed E-state index contributed by atoms with van der Waals surface area (Å²) in [6, 6.07) is 18.7. The Morgan fingerprint density at radius 2 is 1.88 bits per heavy atom. The normalized spacial score (nSPS) is 16.3. The summed E-state index contributed by atoms with van der Waals surface area (Å²) in [5.74, 6) is 0.409. The Morgan fingerprint density at radius 1 is 1.12 bits per heavy atom. The SMILES string of the molecule is Cn1cc(C2CN(C(=O)CCc3ccccc3)Cc3ccccc32)cn1. The van der Waals surface area contributed by atoms with Gasteiger partial charge in [-0.15, -0.1) is 0 Å². The van der Waals surface area contributed by atoms with Crippen LogP contribution in [0.25, 0.3) is 0 Å². The highest BCUT2D eigenvalue weighted by molar-refractivity contribution is 5.77. The van der Waals surface area contributed by atoms with Gasteiger partial charge in [-0.3, -0.25) is 9.48 Å². The number of aryl methyl sites for hydroxylation is 2. The Labute approximate surface area is 154 Å². The number of carbonyl (C=O) groups excluding carboxylic acids is 1. The number of nitrogens with zero attached hydrogens (tertiary/aromatic N) is 3. The minimum absolute atomic E-state index is 0.189. The molecule has 1 unspecified atom stereocenters. The fraction of sp³-hybridized carbons (Fsp3) is 0.273. The van der Waals surface area contributed by atoms with E-state index < -0.39 is 0 Å². The standard InChI is InChI=1S/C22H23N3O/c1-24-14-19(13-23-24)21-16-25(15-18-9-5-6-10-20(18)21)22(26)12-11-17-7-3-2-4-8-17/h2-10,13-14,21H,11-12,15-16H2,1H3. The molecule has 1 atom stereocenters. The number of aromatic nitrogens is 2. The van der Waals surface area contributed by atoms with Crippen LogP contribution in [0.2, 0.25) is 0 Å². The summed E-state index contributed by atoms with van der Waals surface area (Å²) in [4.78, 5) is 14.9. The second kappa shape index (κ2) is 7.16. The lowest BCUT2D eigenvalue weighted by molar-refractivity contribution is -0.132. The number of fused-ring (bicyclic) bond motifs is 1. The second-order valence-electron chi connectivity index (χ2n) is 6.96. The maximum absolute atomic E-state index is 12.9. The van der Waals surface area contributed by atoms with Crippen LogP contribution in [0, 0.1) is 0 Å². The zero-order valence-electron chi connectivity index (χ0n) is 15.0. The second-order valence-corrected chi connectivity index (χ2v) is 6.96. The van der Waals surface area contributed by atoms with Crippen LogP contribution < -0.4 is 0 Å². The van der Waals surface area contributed by atoms with Crippen LogP contribution in [0.5, 0.6) is 0 Å². The molecule has 0 spiro atoms. The molecule has 1 amide bonds. The quantitative estimate of drug-likeness (QED) is 0.725. The molecule has 4 rings (SSSR count). The third-order valence-electron chi connectivity index (χ3n) is 5.14. The van der Waals surface area contributed by atoms with Gasteiger partial charge in [0.2, 0.25) is 5.91 Å². The predicted molar refractivity (Wildman–Crippen MR) is 102 cm³/mol. The van der Waals surface area contributed by atoms with Crippen molar-refractivity contribution in [1.29, 1.82) is 0 Å². The Balaban J connectivity index is 1.54. The Kier molecular flexibility index (Phi) is 4.57. The molecule has 1 aliphatic heterocycles. The molecule has 0 saturated heterocycles. The average Bonchev–Trinajstić information content (AvgIpc) is 3.12. The summed E-state index contributed by atoms with van der Waals surface area (Å²) < 4.78 is 1.83. The highest BCUT2D eigenvalue weighted by Crippen LogP contribution is 2.33. The van der Waals surface area contributed by atoms with Gasteiger partial charge in [-0.1, -0.05) is 54.6 Å². The highest BCUT2D eigenvalue weighted by Gasteiger charge is 2.29. The first-order valence-electron chi connectivity index (χ1n) is 9.09. The van der Waals surface area contributed by atoms with Crippen molar-refractivity contribution < 1.29 is 4.79 Å². The number of benzene rings is 2. The average molecular weight is 345 g/mol. The van der Waals surface area contributed by atoms with E-state index in [2.05, 4.69) is 47.7 Å². The van der Waals surface area contributed by atoms with Gasteiger partial charge in [0.15, 0.2) is 0 Å². The van der Waals surface area contributed by atoms with Crippen LogP contribution in [0.3, 0.4) is 0 Å². The molecular formula is C22H23N3O.